The second-order valence-corrected chi connectivity index (χ2v) is 7.58. The molecule has 2 aromatic rings. The lowest BCUT2D eigenvalue weighted by Gasteiger charge is -2.16. The molecule has 0 aliphatic carbocycles. The highest BCUT2D eigenvalue weighted by Crippen LogP contribution is 2.29. The summed E-state index contributed by atoms with van der Waals surface area (Å²) in [6.45, 7) is 5.26. The van der Waals surface area contributed by atoms with Crippen molar-refractivity contribution in [2.45, 2.75) is 38.5 Å². The number of methoxy groups -OCH3 is 1. The third kappa shape index (κ3) is 6.98. The summed E-state index contributed by atoms with van der Waals surface area (Å²) in [6, 6.07) is 8.10. The third-order valence-corrected chi connectivity index (χ3v) is 5.29. The van der Waals surface area contributed by atoms with Gasteiger partial charge in [-0.25, -0.2) is 9.97 Å². The Morgan fingerprint density at radius 2 is 1.97 bits per heavy atom. The number of rotatable bonds is 12. The number of aryl methyl sites for hydroxylation is 1. The molecule has 1 N–H and O–H groups in total. The molecule has 0 amide bonds. The van der Waals surface area contributed by atoms with Gasteiger partial charge in [0.15, 0.2) is 11.5 Å². The van der Waals surface area contributed by atoms with Gasteiger partial charge < -0.3 is 19.7 Å². The molecule has 0 saturated carbocycles. The largest absolute Gasteiger partial charge is 0.493 e. The molecule has 158 valence electrons. The maximum absolute atomic E-state index is 6.06. The highest BCUT2D eigenvalue weighted by Gasteiger charge is 2.12. The zero-order valence-electron chi connectivity index (χ0n) is 17.8. The Kier molecular flexibility index (Phi) is 8.71. The van der Waals surface area contributed by atoms with Crippen LogP contribution in [-0.2, 0) is 12.8 Å². The van der Waals surface area contributed by atoms with Crippen molar-refractivity contribution in [3.63, 3.8) is 0 Å². The topological polar surface area (TPSA) is 59.5 Å². The summed E-state index contributed by atoms with van der Waals surface area (Å²) in [5.74, 6) is 2.42. The first kappa shape index (κ1) is 21.5. The average molecular weight is 399 g/mol. The Balaban J connectivity index is 1.56. The highest BCUT2D eigenvalue weighted by molar-refractivity contribution is 5.43. The van der Waals surface area contributed by atoms with E-state index in [0.717, 1.165) is 60.9 Å². The number of nitrogens with one attached hydrogen (secondary N) is 1. The van der Waals surface area contributed by atoms with E-state index in [4.69, 9.17) is 14.5 Å². The molecule has 3 rings (SSSR count). The Hall–Kier alpha value is -2.18. The number of ether oxygens (including phenoxy) is 2. The van der Waals surface area contributed by atoms with Gasteiger partial charge >= 0.3 is 0 Å². The van der Waals surface area contributed by atoms with Crippen LogP contribution in [0.25, 0.3) is 0 Å². The minimum atomic E-state index is 0.688. The van der Waals surface area contributed by atoms with Crippen LogP contribution in [0.2, 0.25) is 0 Å². The smallest absolute Gasteiger partial charge is 0.161 e. The van der Waals surface area contributed by atoms with E-state index in [-0.39, 0.29) is 0 Å². The van der Waals surface area contributed by atoms with E-state index < -0.39 is 0 Å². The van der Waals surface area contributed by atoms with Crippen LogP contribution >= 0.6 is 0 Å². The van der Waals surface area contributed by atoms with E-state index in [2.05, 4.69) is 27.3 Å². The number of likely N-dealkylation sites (tertiary alicyclic amines) is 1. The zero-order chi connectivity index (χ0) is 20.3. The summed E-state index contributed by atoms with van der Waals surface area (Å²) in [6.07, 6.45) is 8.27. The van der Waals surface area contributed by atoms with E-state index in [1.165, 1.54) is 25.9 Å². The van der Waals surface area contributed by atoms with Gasteiger partial charge in [-0.2, -0.15) is 0 Å². The predicted octanol–water partition coefficient (Wildman–Crippen LogP) is 3.09. The minimum absolute atomic E-state index is 0.688. The van der Waals surface area contributed by atoms with Crippen molar-refractivity contribution in [1.29, 1.82) is 0 Å². The van der Waals surface area contributed by atoms with Crippen molar-refractivity contribution in [1.82, 2.24) is 20.2 Å². The molecule has 0 bridgehead atoms. The quantitative estimate of drug-likeness (QED) is 0.555. The van der Waals surface area contributed by atoms with E-state index in [9.17, 15) is 0 Å². The molecule has 1 fully saturated rings. The Labute approximate surface area is 174 Å². The van der Waals surface area contributed by atoms with Gasteiger partial charge in [-0.15, -0.1) is 0 Å². The third-order valence-electron chi connectivity index (χ3n) is 5.29. The number of aromatic nitrogens is 2. The highest BCUT2D eigenvalue weighted by atomic mass is 16.5. The monoisotopic (exact) mass is 398 g/mol. The fourth-order valence-corrected chi connectivity index (χ4v) is 3.71. The second kappa shape index (κ2) is 11.7. The fourth-order valence-electron chi connectivity index (χ4n) is 3.71. The van der Waals surface area contributed by atoms with Crippen molar-refractivity contribution >= 4 is 0 Å². The molecule has 0 radical (unpaired) electrons. The van der Waals surface area contributed by atoms with Crippen molar-refractivity contribution < 1.29 is 9.47 Å². The summed E-state index contributed by atoms with van der Waals surface area (Å²) in [7, 11) is 3.66. The fraction of sp³-hybridized carbons (Fsp3) is 0.565. The lowest BCUT2D eigenvalue weighted by Crippen LogP contribution is -2.21. The molecular formula is C23H34N4O2. The van der Waals surface area contributed by atoms with Gasteiger partial charge in [0.1, 0.15) is 5.82 Å². The van der Waals surface area contributed by atoms with Crippen LogP contribution < -0.4 is 14.8 Å². The Morgan fingerprint density at radius 3 is 2.76 bits per heavy atom. The van der Waals surface area contributed by atoms with E-state index >= 15 is 0 Å². The molecule has 29 heavy (non-hydrogen) atoms. The number of hydrogen-bond donors (Lipinski definition) is 1. The number of nitrogens with zero attached hydrogens (tertiary/aromatic N) is 3. The van der Waals surface area contributed by atoms with Crippen molar-refractivity contribution in [2.75, 3.05) is 46.9 Å². The van der Waals surface area contributed by atoms with Crippen LogP contribution in [0, 0.1) is 0 Å². The van der Waals surface area contributed by atoms with Gasteiger partial charge in [-0.1, -0.05) is 6.07 Å². The standard InChI is InChI=1S/C23H34N4O2/c1-24-11-5-7-20-10-12-25-23(26-20)18-19-8-9-21(28-2)22(17-19)29-16-6-15-27-13-3-4-14-27/h8-10,12,17,24H,3-7,11,13-16,18H2,1-2H3. The van der Waals surface area contributed by atoms with Crippen molar-refractivity contribution in [3.8, 4) is 11.5 Å². The molecule has 0 unspecified atom stereocenters. The SMILES string of the molecule is CNCCCc1ccnc(Cc2ccc(OC)c(OCCCN3CCCC3)c2)n1. The number of benzene rings is 1. The van der Waals surface area contributed by atoms with Crippen LogP contribution in [0.5, 0.6) is 11.5 Å². The molecule has 1 aliphatic rings. The summed E-state index contributed by atoms with van der Waals surface area (Å²) in [5.41, 5.74) is 2.23. The van der Waals surface area contributed by atoms with Gasteiger partial charge in [0.05, 0.1) is 13.7 Å². The normalized spacial score (nSPS) is 14.3. The van der Waals surface area contributed by atoms with Crippen molar-refractivity contribution in [3.05, 3.63) is 47.5 Å². The van der Waals surface area contributed by atoms with Crippen molar-refractivity contribution in [2.24, 2.45) is 0 Å². The van der Waals surface area contributed by atoms with Gasteiger partial charge in [0.2, 0.25) is 0 Å². The molecule has 2 heterocycles. The second-order valence-electron chi connectivity index (χ2n) is 7.58. The lowest BCUT2D eigenvalue weighted by atomic mass is 10.1. The predicted molar refractivity (Wildman–Crippen MR) is 116 cm³/mol. The summed E-state index contributed by atoms with van der Waals surface area (Å²) in [5, 5.41) is 3.17. The van der Waals surface area contributed by atoms with E-state index in [1.807, 2.05) is 25.4 Å². The molecule has 1 aromatic heterocycles. The van der Waals surface area contributed by atoms with Gasteiger partial charge in [-0.05, 0) is 82.5 Å². The first-order valence-corrected chi connectivity index (χ1v) is 10.8. The molecule has 1 aliphatic heterocycles. The maximum Gasteiger partial charge on any atom is 0.161 e. The first-order chi connectivity index (χ1) is 14.3. The first-order valence-electron chi connectivity index (χ1n) is 10.8. The maximum atomic E-state index is 6.06. The summed E-state index contributed by atoms with van der Waals surface area (Å²) in [4.78, 5) is 11.7. The Bertz CT molecular complexity index is 747. The molecule has 0 atom stereocenters. The average Bonchev–Trinajstić information content (AvgIpc) is 3.25. The van der Waals surface area contributed by atoms with Crippen LogP contribution in [0.15, 0.2) is 30.5 Å². The van der Waals surface area contributed by atoms with E-state index in [0.29, 0.717) is 13.0 Å². The van der Waals surface area contributed by atoms with E-state index in [1.54, 1.807) is 7.11 Å². The summed E-state index contributed by atoms with van der Waals surface area (Å²) < 4.78 is 11.5. The summed E-state index contributed by atoms with van der Waals surface area (Å²) >= 11 is 0. The van der Waals surface area contributed by atoms with Gasteiger partial charge in [0.25, 0.3) is 0 Å². The minimum Gasteiger partial charge on any atom is -0.493 e. The molecule has 6 heteroatoms. The van der Waals surface area contributed by atoms with Crippen LogP contribution in [0.3, 0.4) is 0 Å². The molecule has 6 nitrogen and oxygen atoms in total. The van der Waals surface area contributed by atoms with Crippen LogP contribution in [-0.4, -0.2) is 61.8 Å². The molecular weight excluding hydrogens is 364 g/mol. The zero-order valence-corrected chi connectivity index (χ0v) is 17.8. The van der Waals surface area contributed by atoms with Gasteiger partial charge in [0, 0.05) is 24.9 Å². The lowest BCUT2D eigenvalue weighted by molar-refractivity contribution is 0.254. The van der Waals surface area contributed by atoms with Gasteiger partial charge in [-0.3, -0.25) is 0 Å². The van der Waals surface area contributed by atoms with Crippen LogP contribution in [0.1, 0.15) is 42.8 Å². The molecule has 1 saturated heterocycles. The molecule has 0 spiro atoms. The number of hydrogen-bond acceptors (Lipinski definition) is 6. The molecule has 1 aromatic carbocycles. The Morgan fingerprint density at radius 1 is 1.10 bits per heavy atom. The van der Waals surface area contributed by atoms with Crippen LogP contribution in [0.4, 0.5) is 0 Å².